The molecular formula is C22H24BrClN4O4. The minimum absolute atomic E-state index is 0.0864. The highest BCUT2D eigenvalue weighted by atomic mass is 79.9. The van der Waals surface area contributed by atoms with Crippen LogP contribution in [0.3, 0.4) is 0 Å². The summed E-state index contributed by atoms with van der Waals surface area (Å²) in [6.45, 7) is 7.06. The molecule has 10 heteroatoms. The van der Waals surface area contributed by atoms with E-state index < -0.39 is 5.91 Å². The molecule has 2 N–H and O–H groups in total. The van der Waals surface area contributed by atoms with Crippen LogP contribution in [-0.2, 0) is 13.2 Å². The summed E-state index contributed by atoms with van der Waals surface area (Å²) in [5.41, 5.74) is 0.467. The van der Waals surface area contributed by atoms with Gasteiger partial charge in [0.25, 0.3) is 11.8 Å². The lowest BCUT2D eigenvalue weighted by molar-refractivity contribution is 0.0944. The molecular weight excluding hydrogens is 500 g/mol. The summed E-state index contributed by atoms with van der Waals surface area (Å²) in [6, 6.07) is 8.46. The number of rotatable bonds is 9. The van der Waals surface area contributed by atoms with Crippen molar-refractivity contribution in [3.8, 4) is 5.75 Å². The number of aromatic nitrogens is 2. The van der Waals surface area contributed by atoms with E-state index in [1.54, 1.807) is 35.1 Å². The van der Waals surface area contributed by atoms with Crippen LogP contribution in [-0.4, -0.2) is 28.1 Å². The SMILES string of the molecule is CCn1cc(NC(=O)c2ccc(COc3ccc(Br)cc3Cl)o2)c(C(=O)NCC(C)C)n1. The van der Waals surface area contributed by atoms with E-state index in [9.17, 15) is 9.59 Å². The molecule has 0 fully saturated rings. The van der Waals surface area contributed by atoms with Crippen LogP contribution in [0, 0.1) is 5.92 Å². The van der Waals surface area contributed by atoms with Crippen molar-refractivity contribution < 1.29 is 18.7 Å². The molecule has 0 saturated heterocycles. The predicted molar refractivity (Wildman–Crippen MR) is 125 cm³/mol. The highest BCUT2D eigenvalue weighted by molar-refractivity contribution is 9.10. The van der Waals surface area contributed by atoms with Crippen molar-refractivity contribution in [1.82, 2.24) is 15.1 Å². The van der Waals surface area contributed by atoms with Crippen molar-refractivity contribution in [1.29, 1.82) is 0 Å². The zero-order valence-corrected chi connectivity index (χ0v) is 20.3. The smallest absolute Gasteiger partial charge is 0.291 e. The zero-order chi connectivity index (χ0) is 23.3. The fourth-order valence-corrected chi connectivity index (χ4v) is 3.45. The van der Waals surface area contributed by atoms with Gasteiger partial charge < -0.3 is 19.8 Å². The summed E-state index contributed by atoms with van der Waals surface area (Å²) < 4.78 is 13.7. The summed E-state index contributed by atoms with van der Waals surface area (Å²) in [5.74, 6) is 0.492. The van der Waals surface area contributed by atoms with Gasteiger partial charge in [-0.25, -0.2) is 0 Å². The van der Waals surface area contributed by atoms with E-state index in [0.29, 0.717) is 41.2 Å². The molecule has 8 nitrogen and oxygen atoms in total. The third-order valence-electron chi connectivity index (χ3n) is 4.37. The van der Waals surface area contributed by atoms with Gasteiger partial charge in [0, 0.05) is 23.8 Å². The van der Waals surface area contributed by atoms with Gasteiger partial charge in [0.05, 0.1) is 10.7 Å². The third-order valence-corrected chi connectivity index (χ3v) is 5.16. The molecule has 0 atom stereocenters. The number of anilines is 1. The number of nitrogens with one attached hydrogen (secondary N) is 2. The second-order valence-corrected chi connectivity index (χ2v) is 8.76. The molecule has 0 aliphatic rings. The molecule has 0 aliphatic heterocycles. The number of furan rings is 1. The van der Waals surface area contributed by atoms with Crippen LogP contribution in [0.1, 0.15) is 47.6 Å². The first kappa shape index (κ1) is 23.9. The average molecular weight is 524 g/mol. The number of aryl methyl sites for hydroxylation is 1. The first-order chi connectivity index (χ1) is 15.3. The second-order valence-electron chi connectivity index (χ2n) is 7.43. The van der Waals surface area contributed by atoms with E-state index in [2.05, 4.69) is 31.7 Å². The Kier molecular flexibility index (Phi) is 7.98. The average Bonchev–Trinajstić information content (AvgIpc) is 3.38. The van der Waals surface area contributed by atoms with Crippen LogP contribution in [0.5, 0.6) is 5.75 Å². The molecule has 1 aromatic carbocycles. The number of nitrogens with zero attached hydrogens (tertiary/aromatic N) is 2. The number of ether oxygens (including phenoxy) is 1. The van der Waals surface area contributed by atoms with Gasteiger partial charge in [-0.3, -0.25) is 14.3 Å². The maximum absolute atomic E-state index is 12.7. The van der Waals surface area contributed by atoms with Crippen LogP contribution in [0.25, 0.3) is 0 Å². The standard InChI is InChI=1S/C22H24BrClN4O4/c1-4-28-11-17(20(27-28)22(30)25-10-13(2)3)26-21(29)19-8-6-15(32-19)12-31-18-7-5-14(23)9-16(18)24/h5-9,11,13H,4,10,12H2,1-3H3,(H,25,30)(H,26,29). The number of carbonyl (C=O) groups excluding carboxylic acids is 2. The molecule has 0 aliphatic carbocycles. The Balaban J connectivity index is 1.67. The van der Waals surface area contributed by atoms with Gasteiger partial charge >= 0.3 is 0 Å². The lowest BCUT2D eigenvalue weighted by Crippen LogP contribution is -2.28. The first-order valence-corrected chi connectivity index (χ1v) is 11.3. The Hall–Kier alpha value is -2.78. The molecule has 0 saturated carbocycles. The van der Waals surface area contributed by atoms with Crippen LogP contribution in [0.2, 0.25) is 5.02 Å². The summed E-state index contributed by atoms with van der Waals surface area (Å²) in [7, 11) is 0. The Labute approximate surface area is 199 Å². The number of carbonyl (C=O) groups is 2. The van der Waals surface area contributed by atoms with Crippen molar-refractivity contribution in [3.63, 3.8) is 0 Å². The fraction of sp³-hybridized carbons (Fsp3) is 0.318. The van der Waals surface area contributed by atoms with Crippen molar-refractivity contribution in [2.24, 2.45) is 5.92 Å². The molecule has 170 valence electrons. The molecule has 2 amide bonds. The molecule has 0 spiro atoms. The summed E-state index contributed by atoms with van der Waals surface area (Å²) in [6.07, 6.45) is 1.62. The second kappa shape index (κ2) is 10.7. The molecule has 0 bridgehead atoms. The Bertz CT molecular complexity index is 1110. The summed E-state index contributed by atoms with van der Waals surface area (Å²) in [5, 5.41) is 10.2. The van der Waals surface area contributed by atoms with Crippen LogP contribution < -0.4 is 15.4 Å². The Morgan fingerprint density at radius 3 is 2.72 bits per heavy atom. The number of amides is 2. The lowest BCUT2D eigenvalue weighted by Gasteiger charge is -2.08. The van der Waals surface area contributed by atoms with Crippen molar-refractivity contribution in [2.45, 2.75) is 33.9 Å². The van der Waals surface area contributed by atoms with E-state index in [4.69, 9.17) is 20.8 Å². The number of hydrogen-bond acceptors (Lipinski definition) is 5. The van der Waals surface area contributed by atoms with Crippen molar-refractivity contribution in [3.05, 3.63) is 63.2 Å². The van der Waals surface area contributed by atoms with E-state index >= 15 is 0 Å². The molecule has 3 rings (SSSR count). The van der Waals surface area contributed by atoms with Gasteiger partial charge in [-0.05, 0) is 43.2 Å². The number of halogens is 2. The lowest BCUT2D eigenvalue weighted by atomic mass is 10.2. The molecule has 3 aromatic rings. The normalized spacial score (nSPS) is 10.9. The van der Waals surface area contributed by atoms with Crippen molar-refractivity contribution >= 4 is 45.0 Å². The van der Waals surface area contributed by atoms with Crippen LogP contribution in [0.15, 0.2) is 45.4 Å². The minimum Gasteiger partial charge on any atom is -0.484 e. The summed E-state index contributed by atoms with van der Waals surface area (Å²) >= 11 is 9.48. The quantitative estimate of drug-likeness (QED) is 0.405. The van der Waals surface area contributed by atoms with Crippen LogP contribution >= 0.6 is 27.5 Å². The van der Waals surface area contributed by atoms with E-state index in [1.807, 2.05) is 26.8 Å². The van der Waals surface area contributed by atoms with Crippen molar-refractivity contribution in [2.75, 3.05) is 11.9 Å². The predicted octanol–water partition coefficient (Wildman–Crippen LogP) is 5.13. The van der Waals surface area contributed by atoms with Gasteiger partial charge in [0.1, 0.15) is 18.1 Å². The first-order valence-electron chi connectivity index (χ1n) is 10.1. The van der Waals surface area contributed by atoms with E-state index in [0.717, 1.165) is 4.47 Å². The third kappa shape index (κ3) is 6.14. The van der Waals surface area contributed by atoms with Crippen LogP contribution in [0.4, 0.5) is 5.69 Å². The number of hydrogen-bond donors (Lipinski definition) is 2. The number of benzene rings is 1. The van der Waals surface area contributed by atoms with E-state index in [1.165, 1.54) is 0 Å². The van der Waals surface area contributed by atoms with Gasteiger partial charge in [0.2, 0.25) is 0 Å². The highest BCUT2D eigenvalue weighted by Crippen LogP contribution is 2.28. The van der Waals surface area contributed by atoms with Gasteiger partial charge in [-0.2, -0.15) is 5.10 Å². The molecule has 0 unspecified atom stereocenters. The Morgan fingerprint density at radius 2 is 2.03 bits per heavy atom. The maximum atomic E-state index is 12.7. The van der Waals surface area contributed by atoms with E-state index in [-0.39, 0.29) is 24.0 Å². The Morgan fingerprint density at radius 1 is 1.25 bits per heavy atom. The van der Waals surface area contributed by atoms with Gasteiger partial charge in [-0.15, -0.1) is 0 Å². The molecule has 2 heterocycles. The minimum atomic E-state index is -0.494. The fourth-order valence-electron chi connectivity index (χ4n) is 2.73. The maximum Gasteiger partial charge on any atom is 0.291 e. The topological polar surface area (TPSA) is 98.4 Å². The van der Waals surface area contributed by atoms with Gasteiger partial charge in [0.15, 0.2) is 11.5 Å². The summed E-state index contributed by atoms with van der Waals surface area (Å²) in [4.78, 5) is 25.2. The molecule has 0 radical (unpaired) electrons. The molecule has 32 heavy (non-hydrogen) atoms. The van der Waals surface area contributed by atoms with Gasteiger partial charge in [-0.1, -0.05) is 41.4 Å². The largest absolute Gasteiger partial charge is 0.484 e. The molecule has 2 aromatic heterocycles. The monoisotopic (exact) mass is 522 g/mol. The zero-order valence-electron chi connectivity index (χ0n) is 17.9. The highest BCUT2D eigenvalue weighted by Gasteiger charge is 2.20.